The van der Waals surface area contributed by atoms with E-state index in [0.29, 0.717) is 18.9 Å². The number of aromatic nitrogens is 1. The molecule has 0 aliphatic carbocycles. The first kappa shape index (κ1) is 10.3. The van der Waals surface area contributed by atoms with E-state index in [2.05, 4.69) is 4.98 Å². The van der Waals surface area contributed by atoms with E-state index in [1.165, 1.54) is 0 Å². The maximum atomic E-state index is 10.7. The topological polar surface area (TPSA) is 68.5 Å². The van der Waals surface area contributed by atoms with Crippen molar-refractivity contribution < 1.29 is 9.66 Å². The molecule has 0 aromatic carbocycles. The monoisotopic (exact) mass is 229 g/mol. The van der Waals surface area contributed by atoms with Crippen molar-refractivity contribution in [2.24, 2.45) is 0 Å². The van der Waals surface area contributed by atoms with Crippen LogP contribution >= 0.6 is 11.3 Å². The number of aryl methyl sites for hydroxylation is 1. The van der Waals surface area contributed by atoms with Crippen LogP contribution in [0, 0.1) is 17.0 Å². The number of hydrogen-bond donors (Lipinski definition) is 0. The van der Waals surface area contributed by atoms with Crippen LogP contribution in [0.15, 0.2) is 0 Å². The van der Waals surface area contributed by atoms with Gasteiger partial charge in [0.2, 0.25) is 0 Å². The zero-order valence-electron chi connectivity index (χ0n) is 8.30. The Labute approximate surface area is 90.6 Å². The van der Waals surface area contributed by atoms with Crippen molar-refractivity contribution in [2.75, 3.05) is 31.2 Å². The maximum Gasteiger partial charge on any atom is 0.348 e. The lowest BCUT2D eigenvalue weighted by atomic mass is 10.4. The zero-order valence-corrected chi connectivity index (χ0v) is 9.12. The number of nitrogens with zero attached hydrogens (tertiary/aromatic N) is 3. The van der Waals surface area contributed by atoms with Crippen LogP contribution in [0.3, 0.4) is 0 Å². The van der Waals surface area contributed by atoms with Gasteiger partial charge in [-0.15, -0.1) is 0 Å². The summed E-state index contributed by atoms with van der Waals surface area (Å²) in [5.74, 6) is 0. The van der Waals surface area contributed by atoms with Crippen LogP contribution < -0.4 is 4.90 Å². The molecule has 1 aliphatic heterocycles. The van der Waals surface area contributed by atoms with Crippen molar-refractivity contribution in [3.8, 4) is 0 Å². The molecule has 0 unspecified atom stereocenters. The molecule has 0 N–H and O–H groups in total. The highest BCUT2D eigenvalue weighted by Crippen LogP contribution is 2.32. The predicted octanol–water partition coefficient (Wildman–Crippen LogP) is 1.20. The molecule has 2 rings (SSSR count). The van der Waals surface area contributed by atoms with Gasteiger partial charge >= 0.3 is 5.00 Å². The molecule has 0 atom stereocenters. The summed E-state index contributed by atoms with van der Waals surface area (Å²) in [6.07, 6.45) is 0. The van der Waals surface area contributed by atoms with Gasteiger partial charge in [0.1, 0.15) is 5.69 Å². The Bertz CT molecular complexity index is 373. The van der Waals surface area contributed by atoms with Crippen LogP contribution in [0.2, 0.25) is 0 Å². The lowest BCUT2D eigenvalue weighted by Crippen LogP contribution is -2.36. The fraction of sp³-hybridized carbons (Fsp3) is 0.625. The minimum Gasteiger partial charge on any atom is -0.378 e. The van der Waals surface area contributed by atoms with E-state index in [0.717, 1.165) is 29.6 Å². The van der Waals surface area contributed by atoms with Gasteiger partial charge in [-0.1, -0.05) is 0 Å². The van der Waals surface area contributed by atoms with E-state index >= 15 is 0 Å². The summed E-state index contributed by atoms with van der Waals surface area (Å²) in [5, 5.41) is 11.5. The molecule has 0 radical (unpaired) electrons. The van der Waals surface area contributed by atoms with Crippen LogP contribution in [-0.4, -0.2) is 36.2 Å². The predicted molar refractivity (Wildman–Crippen MR) is 56.5 cm³/mol. The van der Waals surface area contributed by atoms with Gasteiger partial charge < -0.3 is 9.64 Å². The molecule has 82 valence electrons. The summed E-state index contributed by atoms with van der Waals surface area (Å²) in [5.41, 5.74) is 0.492. The molecule has 1 aromatic heterocycles. The molecule has 0 saturated carbocycles. The van der Waals surface area contributed by atoms with Crippen molar-refractivity contribution in [1.82, 2.24) is 4.98 Å². The largest absolute Gasteiger partial charge is 0.378 e. The van der Waals surface area contributed by atoms with Crippen LogP contribution in [0.5, 0.6) is 0 Å². The number of morpholine rings is 1. The third kappa shape index (κ3) is 2.07. The lowest BCUT2D eigenvalue weighted by Gasteiger charge is -2.25. The Morgan fingerprint density at radius 2 is 2.20 bits per heavy atom. The van der Waals surface area contributed by atoms with E-state index in [9.17, 15) is 10.1 Å². The summed E-state index contributed by atoms with van der Waals surface area (Å²) < 4.78 is 5.21. The first-order valence-corrected chi connectivity index (χ1v) is 5.44. The minimum absolute atomic E-state index is 0.136. The van der Waals surface area contributed by atoms with E-state index in [1.54, 1.807) is 6.92 Å². The number of anilines is 1. The van der Waals surface area contributed by atoms with E-state index in [4.69, 9.17) is 4.74 Å². The van der Waals surface area contributed by atoms with E-state index in [1.807, 2.05) is 4.90 Å². The van der Waals surface area contributed by atoms with E-state index in [-0.39, 0.29) is 9.92 Å². The maximum absolute atomic E-state index is 10.7. The molecule has 1 fully saturated rings. The summed E-state index contributed by atoms with van der Waals surface area (Å²) in [7, 11) is 0. The van der Waals surface area contributed by atoms with Crippen LogP contribution in [-0.2, 0) is 4.74 Å². The summed E-state index contributed by atoms with van der Waals surface area (Å²) in [6.45, 7) is 4.49. The second-order valence-corrected chi connectivity index (χ2v) is 4.20. The van der Waals surface area contributed by atoms with E-state index < -0.39 is 0 Å². The Balaban J connectivity index is 2.21. The zero-order chi connectivity index (χ0) is 10.8. The molecular formula is C8H11N3O3S. The van der Waals surface area contributed by atoms with Crippen molar-refractivity contribution in [1.29, 1.82) is 0 Å². The van der Waals surface area contributed by atoms with Gasteiger partial charge in [0.25, 0.3) is 0 Å². The quantitative estimate of drug-likeness (QED) is 0.563. The smallest absolute Gasteiger partial charge is 0.348 e. The molecule has 1 aromatic rings. The van der Waals surface area contributed by atoms with Gasteiger partial charge in [0.15, 0.2) is 5.13 Å². The van der Waals surface area contributed by atoms with Crippen LogP contribution in [0.1, 0.15) is 5.69 Å². The molecule has 1 saturated heterocycles. The molecule has 7 heteroatoms. The second kappa shape index (κ2) is 4.11. The first-order valence-electron chi connectivity index (χ1n) is 4.63. The van der Waals surface area contributed by atoms with Crippen LogP contribution in [0.4, 0.5) is 10.1 Å². The van der Waals surface area contributed by atoms with Crippen molar-refractivity contribution in [3.05, 3.63) is 15.8 Å². The fourth-order valence-corrected chi connectivity index (χ4v) is 2.37. The van der Waals surface area contributed by atoms with Gasteiger partial charge in [0.05, 0.1) is 18.1 Å². The molecule has 0 bridgehead atoms. The third-order valence-electron chi connectivity index (χ3n) is 2.21. The second-order valence-electron chi connectivity index (χ2n) is 3.24. The Morgan fingerprint density at radius 3 is 2.73 bits per heavy atom. The molecule has 0 spiro atoms. The Hall–Kier alpha value is -1.21. The summed E-state index contributed by atoms with van der Waals surface area (Å²) >= 11 is 1.13. The Morgan fingerprint density at radius 1 is 1.53 bits per heavy atom. The number of ether oxygens (including phenoxy) is 1. The highest BCUT2D eigenvalue weighted by Gasteiger charge is 2.22. The van der Waals surface area contributed by atoms with Crippen LogP contribution in [0.25, 0.3) is 0 Å². The lowest BCUT2D eigenvalue weighted by molar-refractivity contribution is -0.380. The van der Waals surface area contributed by atoms with Gasteiger partial charge in [0, 0.05) is 13.1 Å². The molecule has 15 heavy (non-hydrogen) atoms. The highest BCUT2D eigenvalue weighted by molar-refractivity contribution is 7.18. The SMILES string of the molecule is Cc1nc(N2CCOCC2)sc1[N+](=O)[O-]. The van der Waals surface area contributed by atoms with Crippen molar-refractivity contribution in [2.45, 2.75) is 6.92 Å². The number of rotatable bonds is 2. The third-order valence-corrected chi connectivity index (χ3v) is 3.38. The number of nitro groups is 1. The van der Waals surface area contributed by atoms with Gasteiger partial charge in [-0.3, -0.25) is 10.1 Å². The highest BCUT2D eigenvalue weighted by atomic mass is 32.1. The molecule has 6 nitrogen and oxygen atoms in total. The van der Waals surface area contributed by atoms with Gasteiger partial charge in [-0.2, -0.15) is 0 Å². The van der Waals surface area contributed by atoms with Gasteiger partial charge in [-0.25, -0.2) is 4.98 Å². The molecule has 2 heterocycles. The normalized spacial score (nSPS) is 16.7. The summed E-state index contributed by atoms with van der Waals surface area (Å²) in [4.78, 5) is 16.5. The number of hydrogen-bond acceptors (Lipinski definition) is 6. The number of thiazole rings is 1. The standard InChI is InChI=1S/C8H11N3O3S/c1-6-7(11(12)13)15-8(9-6)10-2-4-14-5-3-10/h2-5H2,1H3. The Kier molecular flexibility index (Phi) is 2.83. The summed E-state index contributed by atoms with van der Waals surface area (Å²) in [6, 6.07) is 0. The molecule has 1 aliphatic rings. The average Bonchev–Trinajstić information content (AvgIpc) is 2.62. The molecule has 0 amide bonds. The minimum atomic E-state index is -0.378. The van der Waals surface area contributed by atoms with Crippen molar-refractivity contribution in [3.63, 3.8) is 0 Å². The average molecular weight is 229 g/mol. The fourth-order valence-electron chi connectivity index (χ4n) is 1.43. The first-order chi connectivity index (χ1) is 7.18. The van der Waals surface area contributed by atoms with Crippen molar-refractivity contribution >= 4 is 21.5 Å². The van der Waals surface area contributed by atoms with Gasteiger partial charge in [-0.05, 0) is 18.3 Å². The molecular weight excluding hydrogens is 218 g/mol.